The molecule has 0 bridgehead atoms. The lowest BCUT2D eigenvalue weighted by molar-refractivity contribution is 0.0966. The molecule has 1 saturated heterocycles. The molecule has 8 heteroatoms. The van der Waals surface area contributed by atoms with Crippen molar-refractivity contribution in [2.75, 3.05) is 38.5 Å². The van der Waals surface area contributed by atoms with E-state index in [2.05, 4.69) is 67.6 Å². The van der Waals surface area contributed by atoms with Crippen molar-refractivity contribution in [3.8, 4) is 11.3 Å². The highest BCUT2D eigenvalue weighted by molar-refractivity contribution is 5.95. The van der Waals surface area contributed by atoms with Gasteiger partial charge in [0.15, 0.2) is 0 Å². The van der Waals surface area contributed by atoms with Gasteiger partial charge in [-0.3, -0.25) is 14.7 Å². The summed E-state index contributed by atoms with van der Waals surface area (Å²) in [6.45, 7) is 7.38. The van der Waals surface area contributed by atoms with Crippen LogP contribution in [-0.2, 0) is 6.54 Å². The van der Waals surface area contributed by atoms with Gasteiger partial charge in [0.1, 0.15) is 0 Å². The second-order valence-electron chi connectivity index (χ2n) is 9.75. The molecule has 8 nitrogen and oxygen atoms in total. The third-order valence-corrected chi connectivity index (χ3v) is 6.89. The maximum atomic E-state index is 12.9. The van der Waals surface area contributed by atoms with E-state index in [0.717, 1.165) is 49.7 Å². The number of hydrogen-bond acceptors (Lipinski definition) is 7. The van der Waals surface area contributed by atoms with Crippen LogP contribution in [0.15, 0.2) is 85.0 Å². The van der Waals surface area contributed by atoms with Crippen LogP contribution in [0.2, 0.25) is 0 Å². The zero-order chi connectivity index (χ0) is 25.6. The normalized spacial score (nSPS) is 20.3. The van der Waals surface area contributed by atoms with E-state index in [0.29, 0.717) is 11.5 Å². The van der Waals surface area contributed by atoms with Crippen LogP contribution in [-0.4, -0.2) is 69.9 Å². The Morgan fingerprint density at radius 2 is 1.86 bits per heavy atom. The van der Waals surface area contributed by atoms with Crippen molar-refractivity contribution < 1.29 is 4.79 Å². The SMILES string of the molecule is CC1C=CC(NC(=O)c2ccc(CN3CCN(C)CC3)cc2)=CC1Nc1nccc(-c2cccnc2)n1. The summed E-state index contributed by atoms with van der Waals surface area (Å²) in [4.78, 5) is 31.0. The van der Waals surface area contributed by atoms with Crippen LogP contribution >= 0.6 is 0 Å². The third kappa shape index (κ3) is 6.47. The molecule has 0 radical (unpaired) electrons. The number of likely N-dealkylation sites (N-methyl/N-ethyl adjacent to an activating group) is 1. The zero-order valence-electron chi connectivity index (χ0n) is 21.3. The molecule has 0 saturated carbocycles. The predicted octanol–water partition coefficient (Wildman–Crippen LogP) is 3.59. The molecule has 2 aromatic heterocycles. The van der Waals surface area contributed by atoms with Gasteiger partial charge < -0.3 is 15.5 Å². The van der Waals surface area contributed by atoms with E-state index in [-0.39, 0.29) is 17.9 Å². The Labute approximate surface area is 218 Å². The van der Waals surface area contributed by atoms with Crippen LogP contribution in [0.4, 0.5) is 5.95 Å². The number of aromatic nitrogens is 3. The average Bonchev–Trinajstić information content (AvgIpc) is 2.93. The minimum absolute atomic E-state index is 0.0598. The van der Waals surface area contributed by atoms with Gasteiger partial charge in [-0.25, -0.2) is 9.97 Å². The van der Waals surface area contributed by atoms with Gasteiger partial charge in [-0.05, 0) is 61.0 Å². The van der Waals surface area contributed by atoms with Crippen molar-refractivity contribution >= 4 is 11.9 Å². The second-order valence-corrected chi connectivity index (χ2v) is 9.75. The molecule has 2 unspecified atom stereocenters. The number of nitrogens with zero attached hydrogens (tertiary/aromatic N) is 5. The molecule has 3 aromatic rings. The van der Waals surface area contributed by atoms with E-state index in [1.165, 1.54) is 5.56 Å². The molecule has 190 valence electrons. The lowest BCUT2D eigenvalue weighted by Gasteiger charge is -2.32. The van der Waals surface area contributed by atoms with Gasteiger partial charge in [0.25, 0.3) is 5.91 Å². The minimum Gasteiger partial charge on any atom is -0.347 e. The molecule has 2 N–H and O–H groups in total. The first-order valence-corrected chi connectivity index (χ1v) is 12.7. The van der Waals surface area contributed by atoms with Gasteiger partial charge in [-0.1, -0.05) is 25.1 Å². The molecule has 1 aliphatic heterocycles. The van der Waals surface area contributed by atoms with Gasteiger partial charge in [-0.2, -0.15) is 0 Å². The quantitative estimate of drug-likeness (QED) is 0.518. The number of benzene rings is 1. The molecule has 1 amide bonds. The Kier molecular flexibility index (Phi) is 7.67. The summed E-state index contributed by atoms with van der Waals surface area (Å²) < 4.78 is 0. The summed E-state index contributed by atoms with van der Waals surface area (Å²) >= 11 is 0. The number of hydrogen-bond donors (Lipinski definition) is 2. The number of amides is 1. The summed E-state index contributed by atoms with van der Waals surface area (Å²) in [5.74, 6) is 0.622. The monoisotopic (exact) mass is 495 g/mol. The molecule has 2 atom stereocenters. The molecule has 37 heavy (non-hydrogen) atoms. The van der Waals surface area contributed by atoms with Gasteiger partial charge >= 0.3 is 0 Å². The van der Waals surface area contributed by atoms with Crippen molar-refractivity contribution in [3.63, 3.8) is 0 Å². The first kappa shape index (κ1) is 24.8. The number of nitrogens with one attached hydrogen (secondary N) is 2. The largest absolute Gasteiger partial charge is 0.347 e. The molecule has 1 aromatic carbocycles. The lowest BCUT2D eigenvalue weighted by Crippen LogP contribution is -2.43. The van der Waals surface area contributed by atoms with Gasteiger partial charge in [-0.15, -0.1) is 0 Å². The Hall–Kier alpha value is -3.88. The molecular formula is C29H33N7O. The number of allylic oxidation sites excluding steroid dienone is 1. The Balaban J connectivity index is 1.21. The Bertz CT molecular complexity index is 1260. The molecule has 3 heterocycles. The van der Waals surface area contributed by atoms with Crippen molar-refractivity contribution in [2.45, 2.75) is 19.5 Å². The molecule has 0 spiro atoms. The smallest absolute Gasteiger partial charge is 0.255 e. The number of piperazine rings is 1. The summed E-state index contributed by atoms with van der Waals surface area (Å²) in [5.41, 5.74) is 4.36. The lowest BCUT2D eigenvalue weighted by atomic mass is 9.95. The fourth-order valence-corrected chi connectivity index (χ4v) is 4.51. The summed E-state index contributed by atoms with van der Waals surface area (Å²) in [6.07, 6.45) is 11.3. The fraction of sp³-hybridized carbons (Fsp3) is 0.310. The number of carbonyl (C=O) groups excluding carboxylic acids is 1. The number of carbonyl (C=O) groups is 1. The summed E-state index contributed by atoms with van der Waals surface area (Å²) in [5, 5.41) is 6.45. The van der Waals surface area contributed by atoms with Crippen molar-refractivity contribution in [3.05, 3.63) is 96.1 Å². The maximum Gasteiger partial charge on any atom is 0.255 e. The average molecular weight is 496 g/mol. The molecule has 1 fully saturated rings. The van der Waals surface area contributed by atoms with Crippen LogP contribution in [0.5, 0.6) is 0 Å². The zero-order valence-corrected chi connectivity index (χ0v) is 21.3. The highest BCUT2D eigenvalue weighted by Gasteiger charge is 2.20. The van der Waals surface area contributed by atoms with Crippen LogP contribution in [0.25, 0.3) is 11.3 Å². The van der Waals surface area contributed by atoms with Gasteiger partial charge in [0, 0.05) is 68.1 Å². The van der Waals surface area contributed by atoms with E-state index >= 15 is 0 Å². The van der Waals surface area contributed by atoms with E-state index in [9.17, 15) is 4.79 Å². The number of pyridine rings is 1. The Morgan fingerprint density at radius 1 is 1.05 bits per heavy atom. The van der Waals surface area contributed by atoms with Crippen molar-refractivity contribution in [2.24, 2.45) is 5.92 Å². The van der Waals surface area contributed by atoms with Crippen molar-refractivity contribution in [1.29, 1.82) is 0 Å². The second kappa shape index (κ2) is 11.5. The van der Waals surface area contributed by atoms with E-state index in [1.807, 2.05) is 42.5 Å². The van der Waals surface area contributed by atoms with Gasteiger partial charge in [0.05, 0.1) is 11.7 Å². The highest BCUT2D eigenvalue weighted by Crippen LogP contribution is 2.21. The molecule has 1 aliphatic carbocycles. The topological polar surface area (TPSA) is 86.3 Å². The molecule has 5 rings (SSSR count). The standard InChI is InChI=1S/C29H33N7O/c1-21-5-10-25(18-27(21)34-29-31-13-11-26(33-29)24-4-3-12-30-19-24)32-28(37)23-8-6-22(7-9-23)20-36-16-14-35(2)15-17-36/h3-13,18-19,21,27H,14-17,20H2,1-2H3,(H,32,37)(H,31,33,34). The predicted molar refractivity (Wildman–Crippen MR) is 146 cm³/mol. The molecule has 2 aliphatic rings. The summed E-state index contributed by atoms with van der Waals surface area (Å²) in [7, 11) is 2.16. The number of anilines is 1. The maximum absolute atomic E-state index is 12.9. The minimum atomic E-state index is -0.120. The van der Waals surface area contributed by atoms with Crippen molar-refractivity contribution in [1.82, 2.24) is 30.1 Å². The first-order valence-electron chi connectivity index (χ1n) is 12.7. The van der Waals surface area contributed by atoms with E-state index in [4.69, 9.17) is 0 Å². The van der Waals surface area contributed by atoms with Crippen LogP contribution in [0.3, 0.4) is 0 Å². The van der Waals surface area contributed by atoms with E-state index < -0.39 is 0 Å². The Morgan fingerprint density at radius 3 is 2.62 bits per heavy atom. The highest BCUT2D eigenvalue weighted by atomic mass is 16.1. The summed E-state index contributed by atoms with van der Waals surface area (Å²) in [6, 6.07) is 13.6. The van der Waals surface area contributed by atoms with Crippen LogP contribution in [0.1, 0.15) is 22.8 Å². The fourth-order valence-electron chi connectivity index (χ4n) is 4.51. The third-order valence-electron chi connectivity index (χ3n) is 6.89. The first-order chi connectivity index (χ1) is 18.0. The van der Waals surface area contributed by atoms with E-state index in [1.54, 1.807) is 18.6 Å². The van der Waals surface area contributed by atoms with Crippen LogP contribution in [0, 0.1) is 5.92 Å². The van der Waals surface area contributed by atoms with Gasteiger partial charge in [0.2, 0.25) is 5.95 Å². The number of rotatable bonds is 7. The molecular weight excluding hydrogens is 462 g/mol. The van der Waals surface area contributed by atoms with Crippen LogP contribution < -0.4 is 10.6 Å².